The van der Waals surface area contributed by atoms with Gasteiger partial charge in [0, 0.05) is 19.3 Å². The normalized spacial score (nSPS) is 12.7. The van der Waals surface area contributed by atoms with Crippen molar-refractivity contribution in [1.82, 2.24) is 5.32 Å². The van der Waals surface area contributed by atoms with Gasteiger partial charge in [0.25, 0.3) is 0 Å². The number of nitrogens with one attached hydrogen (secondary N) is 1. The Labute approximate surface area is 123 Å². The molecule has 0 heterocycles. The molecule has 0 saturated heterocycles. The Hall–Kier alpha value is -1.06. The molecule has 1 rings (SSSR count). The van der Waals surface area contributed by atoms with Gasteiger partial charge >= 0.3 is 0 Å². The topological polar surface area (TPSA) is 30.5 Å². The maximum Gasteiger partial charge on any atom is 0.120 e. The van der Waals surface area contributed by atoms with Crippen molar-refractivity contribution in [3.63, 3.8) is 0 Å². The van der Waals surface area contributed by atoms with E-state index in [9.17, 15) is 0 Å². The van der Waals surface area contributed by atoms with E-state index in [0.29, 0.717) is 6.04 Å². The van der Waals surface area contributed by atoms with Crippen molar-refractivity contribution in [2.24, 2.45) is 0 Å². The highest BCUT2D eigenvalue weighted by atomic mass is 16.5. The highest BCUT2D eigenvalue weighted by Crippen LogP contribution is 2.22. The van der Waals surface area contributed by atoms with Crippen LogP contribution < -0.4 is 10.1 Å². The second kappa shape index (κ2) is 9.78. The van der Waals surface area contributed by atoms with Gasteiger partial charge in [0.15, 0.2) is 0 Å². The summed E-state index contributed by atoms with van der Waals surface area (Å²) in [5, 5.41) is 3.59. The molecular formula is C17H29NO2. The summed E-state index contributed by atoms with van der Waals surface area (Å²) >= 11 is 0. The van der Waals surface area contributed by atoms with E-state index in [-0.39, 0.29) is 6.10 Å². The second-order valence-corrected chi connectivity index (χ2v) is 5.23. The summed E-state index contributed by atoms with van der Waals surface area (Å²) < 4.78 is 11.3. The largest absolute Gasteiger partial charge is 0.491 e. The monoisotopic (exact) mass is 279 g/mol. The highest BCUT2D eigenvalue weighted by Gasteiger charge is 2.11. The molecule has 0 fully saturated rings. The molecule has 1 aromatic rings. The van der Waals surface area contributed by atoms with Crippen LogP contribution in [0.3, 0.4) is 0 Å². The van der Waals surface area contributed by atoms with Crippen LogP contribution in [0.2, 0.25) is 0 Å². The molecule has 114 valence electrons. The smallest absolute Gasteiger partial charge is 0.120 e. The molecule has 0 bridgehead atoms. The lowest BCUT2D eigenvalue weighted by molar-refractivity contribution is 0.136. The first kappa shape index (κ1) is 17.0. The van der Waals surface area contributed by atoms with Gasteiger partial charge < -0.3 is 14.8 Å². The quantitative estimate of drug-likeness (QED) is 0.658. The Kier molecular flexibility index (Phi) is 8.31. The molecule has 0 amide bonds. The van der Waals surface area contributed by atoms with Crippen molar-refractivity contribution in [2.45, 2.75) is 52.7 Å². The summed E-state index contributed by atoms with van der Waals surface area (Å²) in [6.45, 7) is 10.9. The maximum atomic E-state index is 5.78. The van der Waals surface area contributed by atoms with Gasteiger partial charge in [-0.2, -0.15) is 0 Å². The van der Waals surface area contributed by atoms with Crippen molar-refractivity contribution in [3.8, 4) is 5.75 Å². The average molecular weight is 279 g/mol. The Morgan fingerprint density at radius 3 is 2.65 bits per heavy atom. The van der Waals surface area contributed by atoms with Crippen LogP contribution in [-0.2, 0) is 4.74 Å². The van der Waals surface area contributed by atoms with Crippen molar-refractivity contribution < 1.29 is 9.47 Å². The summed E-state index contributed by atoms with van der Waals surface area (Å²) in [6, 6.07) is 8.71. The van der Waals surface area contributed by atoms with Crippen LogP contribution >= 0.6 is 0 Å². The van der Waals surface area contributed by atoms with Crippen molar-refractivity contribution in [1.29, 1.82) is 0 Å². The van der Waals surface area contributed by atoms with Gasteiger partial charge in [-0.25, -0.2) is 0 Å². The Balaban J connectivity index is 2.71. The molecule has 0 aliphatic heterocycles. The lowest BCUT2D eigenvalue weighted by Gasteiger charge is -2.20. The van der Waals surface area contributed by atoms with Gasteiger partial charge in [0.05, 0.1) is 6.10 Å². The van der Waals surface area contributed by atoms with Crippen LogP contribution in [0.15, 0.2) is 24.3 Å². The van der Waals surface area contributed by atoms with E-state index in [0.717, 1.165) is 38.3 Å². The number of rotatable bonds is 10. The van der Waals surface area contributed by atoms with E-state index in [1.54, 1.807) is 0 Å². The predicted octanol–water partition coefficient (Wildman–Crippen LogP) is 3.94. The molecule has 1 atom stereocenters. The summed E-state index contributed by atoms with van der Waals surface area (Å²) in [6.07, 6.45) is 2.32. The van der Waals surface area contributed by atoms with Crippen molar-refractivity contribution >= 4 is 0 Å². The van der Waals surface area contributed by atoms with E-state index in [4.69, 9.17) is 9.47 Å². The molecule has 0 aliphatic rings. The van der Waals surface area contributed by atoms with Crippen LogP contribution in [0.25, 0.3) is 0 Å². The van der Waals surface area contributed by atoms with E-state index >= 15 is 0 Å². The Bertz CT molecular complexity index is 366. The number of benzene rings is 1. The molecule has 0 aromatic heterocycles. The maximum absolute atomic E-state index is 5.78. The summed E-state index contributed by atoms with van der Waals surface area (Å²) in [4.78, 5) is 0. The first-order valence-corrected chi connectivity index (χ1v) is 7.75. The van der Waals surface area contributed by atoms with E-state index < -0.39 is 0 Å². The molecule has 1 aromatic carbocycles. The third-order valence-corrected chi connectivity index (χ3v) is 3.03. The third kappa shape index (κ3) is 6.40. The molecule has 1 N–H and O–H groups in total. The van der Waals surface area contributed by atoms with Crippen molar-refractivity contribution in [3.05, 3.63) is 29.8 Å². The lowest BCUT2D eigenvalue weighted by Crippen LogP contribution is -2.23. The van der Waals surface area contributed by atoms with Crippen molar-refractivity contribution in [2.75, 3.05) is 19.8 Å². The second-order valence-electron chi connectivity index (χ2n) is 5.23. The molecule has 1 unspecified atom stereocenters. The number of hydrogen-bond donors (Lipinski definition) is 1. The first-order valence-electron chi connectivity index (χ1n) is 7.75. The zero-order valence-corrected chi connectivity index (χ0v) is 13.3. The SMILES string of the molecule is CCCNC(CCOCC)c1cccc(OC(C)C)c1. The lowest BCUT2D eigenvalue weighted by atomic mass is 10.0. The third-order valence-electron chi connectivity index (χ3n) is 3.03. The fourth-order valence-corrected chi connectivity index (χ4v) is 2.13. The molecule has 0 saturated carbocycles. The number of ether oxygens (including phenoxy) is 2. The number of hydrogen-bond acceptors (Lipinski definition) is 3. The molecule has 0 spiro atoms. The van der Waals surface area contributed by atoms with Crippen LogP contribution in [0.5, 0.6) is 5.75 Å². The zero-order chi connectivity index (χ0) is 14.8. The van der Waals surface area contributed by atoms with Crippen LogP contribution in [-0.4, -0.2) is 25.9 Å². The van der Waals surface area contributed by atoms with E-state index in [1.807, 2.05) is 13.0 Å². The summed E-state index contributed by atoms with van der Waals surface area (Å²) in [5.41, 5.74) is 1.27. The fourth-order valence-electron chi connectivity index (χ4n) is 2.13. The van der Waals surface area contributed by atoms with Gasteiger partial charge in [0.2, 0.25) is 0 Å². The van der Waals surface area contributed by atoms with Crippen LogP contribution in [0, 0.1) is 0 Å². The van der Waals surface area contributed by atoms with E-state index in [1.165, 1.54) is 5.56 Å². The van der Waals surface area contributed by atoms with Crippen LogP contribution in [0.4, 0.5) is 0 Å². The Morgan fingerprint density at radius 1 is 1.20 bits per heavy atom. The minimum Gasteiger partial charge on any atom is -0.491 e. The van der Waals surface area contributed by atoms with Crippen LogP contribution in [0.1, 0.15) is 52.1 Å². The molecule has 0 aliphatic carbocycles. The highest BCUT2D eigenvalue weighted by molar-refractivity contribution is 5.30. The fraction of sp³-hybridized carbons (Fsp3) is 0.647. The minimum atomic E-state index is 0.204. The van der Waals surface area contributed by atoms with Gasteiger partial charge in [0.1, 0.15) is 5.75 Å². The molecule has 20 heavy (non-hydrogen) atoms. The first-order chi connectivity index (χ1) is 9.67. The van der Waals surface area contributed by atoms with E-state index in [2.05, 4.69) is 44.3 Å². The average Bonchev–Trinajstić information content (AvgIpc) is 2.42. The van der Waals surface area contributed by atoms with Gasteiger partial charge in [-0.1, -0.05) is 19.1 Å². The zero-order valence-electron chi connectivity index (χ0n) is 13.3. The summed E-state index contributed by atoms with van der Waals surface area (Å²) in [5.74, 6) is 0.942. The molecular weight excluding hydrogens is 250 g/mol. The Morgan fingerprint density at radius 2 is 2.00 bits per heavy atom. The summed E-state index contributed by atoms with van der Waals surface area (Å²) in [7, 11) is 0. The van der Waals surface area contributed by atoms with Gasteiger partial charge in [-0.05, 0) is 57.9 Å². The predicted molar refractivity (Wildman–Crippen MR) is 84.4 cm³/mol. The van der Waals surface area contributed by atoms with Gasteiger partial charge in [-0.3, -0.25) is 0 Å². The molecule has 0 radical (unpaired) electrons. The van der Waals surface area contributed by atoms with Gasteiger partial charge in [-0.15, -0.1) is 0 Å². The molecule has 3 nitrogen and oxygen atoms in total. The minimum absolute atomic E-state index is 0.204. The standard InChI is InChI=1S/C17H29NO2/c1-5-11-18-17(10-12-19-6-2)15-8-7-9-16(13-15)20-14(3)4/h7-9,13-14,17-18H,5-6,10-12H2,1-4H3. The molecule has 3 heteroatoms.